The van der Waals surface area contributed by atoms with Crippen LogP contribution in [-0.4, -0.2) is 46.0 Å². The first kappa shape index (κ1) is 20.1. The Bertz CT molecular complexity index is 653. The molecular weight excluding hydrogens is 340 g/mol. The number of guanidine groups is 1. The molecule has 1 fully saturated rings. The summed E-state index contributed by atoms with van der Waals surface area (Å²) in [6, 6.07) is 0.530. The summed E-state index contributed by atoms with van der Waals surface area (Å²) in [4.78, 5) is 9.31. The number of aryl methyl sites for hydroxylation is 2. The number of nitrogens with one attached hydrogen (secondary N) is 2. The molecule has 2 N–H and O–H groups in total. The van der Waals surface area contributed by atoms with Crippen molar-refractivity contribution in [1.82, 2.24) is 25.4 Å². The lowest BCUT2D eigenvalue weighted by Gasteiger charge is -2.52. The van der Waals surface area contributed by atoms with Gasteiger partial charge in [0.2, 0.25) is 0 Å². The highest BCUT2D eigenvalue weighted by atomic mass is 16.5. The number of aliphatic imine (C=N–C) groups is 1. The first-order valence-corrected chi connectivity index (χ1v) is 10.6. The summed E-state index contributed by atoms with van der Waals surface area (Å²) in [7, 11) is 0. The molecule has 3 rings (SSSR count). The molecule has 2 aliphatic rings. The van der Waals surface area contributed by atoms with E-state index in [1.165, 1.54) is 6.42 Å². The summed E-state index contributed by atoms with van der Waals surface area (Å²) >= 11 is 0. The molecule has 152 valence electrons. The molecule has 3 atom stereocenters. The van der Waals surface area contributed by atoms with Crippen LogP contribution in [0.25, 0.3) is 0 Å². The first-order chi connectivity index (χ1) is 13.0. The van der Waals surface area contributed by atoms with Gasteiger partial charge in [0.05, 0.1) is 12.1 Å². The van der Waals surface area contributed by atoms with Gasteiger partial charge in [0, 0.05) is 31.2 Å². The predicted molar refractivity (Wildman–Crippen MR) is 108 cm³/mol. The van der Waals surface area contributed by atoms with Crippen molar-refractivity contribution in [1.29, 1.82) is 0 Å². The van der Waals surface area contributed by atoms with Crippen LogP contribution in [0.2, 0.25) is 0 Å². The van der Waals surface area contributed by atoms with Crippen molar-refractivity contribution in [2.45, 2.75) is 91.5 Å². The molecule has 1 aliphatic carbocycles. The summed E-state index contributed by atoms with van der Waals surface area (Å²) < 4.78 is 8.12. The third-order valence-electron chi connectivity index (χ3n) is 5.91. The highest BCUT2D eigenvalue weighted by Crippen LogP contribution is 2.42. The third kappa shape index (κ3) is 4.45. The fraction of sp³-hybridized carbons (Fsp3) is 0.850. The molecule has 3 unspecified atom stereocenters. The van der Waals surface area contributed by atoms with Gasteiger partial charge in [-0.05, 0) is 39.5 Å². The Balaban J connectivity index is 1.60. The molecule has 27 heavy (non-hydrogen) atoms. The fourth-order valence-corrected chi connectivity index (χ4v) is 4.01. The number of nitrogens with zero attached hydrogens (tertiary/aromatic N) is 4. The van der Waals surface area contributed by atoms with E-state index in [1.807, 2.05) is 11.6 Å². The molecule has 2 heterocycles. The van der Waals surface area contributed by atoms with E-state index in [0.717, 1.165) is 63.0 Å². The van der Waals surface area contributed by atoms with E-state index in [0.29, 0.717) is 12.1 Å². The van der Waals surface area contributed by atoms with E-state index in [-0.39, 0.29) is 11.5 Å². The van der Waals surface area contributed by atoms with Crippen molar-refractivity contribution in [3.63, 3.8) is 0 Å². The second-order valence-corrected chi connectivity index (χ2v) is 8.37. The van der Waals surface area contributed by atoms with Crippen molar-refractivity contribution < 1.29 is 4.74 Å². The Labute approximate surface area is 163 Å². The quantitative estimate of drug-likeness (QED) is 0.435. The Morgan fingerprint density at radius 1 is 1.33 bits per heavy atom. The summed E-state index contributed by atoms with van der Waals surface area (Å²) in [5.74, 6) is 2.74. The van der Waals surface area contributed by atoms with E-state index in [1.54, 1.807) is 0 Å². The second kappa shape index (κ2) is 8.59. The van der Waals surface area contributed by atoms with Crippen LogP contribution < -0.4 is 10.6 Å². The van der Waals surface area contributed by atoms with Gasteiger partial charge >= 0.3 is 0 Å². The zero-order valence-electron chi connectivity index (χ0n) is 17.6. The van der Waals surface area contributed by atoms with Gasteiger partial charge in [-0.15, -0.1) is 0 Å². The molecule has 1 aromatic rings. The third-order valence-corrected chi connectivity index (χ3v) is 5.91. The van der Waals surface area contributed by atoms with Gasteiger partial charge in [-0.1, -0.05) is 27.2 Å². The molecular formula is C20H36N6O. The molecule has 1 saturated carbocycles. The van der Waals surface area contributed by atoms with Crippen LogP contribution in [0.5, 0.6) is 0 Å². The zero-order chi connectivity index (χ0) is 19.4. The Morgan fingerprint density at radius 3 is 2.85 bits per heavy atom. The fourth-order valence-electron chi connectivity index (χ4n) is 4.01. The number of rotatable bonds is 7. The molecule has 7 nitrogen and oxygen atoms in total. The molecule has 0 radical (unpaired) electrons. The van der Waals surface area contributed by atoms with Crippen LogP contribution in [0.1, 0.15) is 77.5 Å². The summed E-state index contributed by atoms with van der Waals surface area (Å²) in [5, 5.41) is 11.8. The van der Waals surface area contributed by atoms with Crippen LogP contribution in [-0.2, 0) is 11.3 Å². The molecule has 7 heteroatoms. The largest absolute Gasteiger partial charge is 0.378 e. The van der Waals surface area contributed by atoms with Crippen molar-refractivity contribution in [3.05, 3.63) is 11.6 Å². The molecule has 0 saturated heterocycles. The smallest absolute Gasteiger partial charge is 0.192 e. The minimum atomic E-state index is 0.104. The van der Waals surface area contributed by atoms with E-state index < -0.39 is 0 Å². The monoisotopic (exact) mass is 376 g/mol. The average molecular weight is 377 g/mol. The summed E-state index contributed by atoms with van der Waals surface area (Å²) in [6.07, 6.45) is 5.83. The Hall–Kier alpha value is -1.63. The highest BCUT2D eigenvalue weighted by molar-refractivity contribution is 5.80. The van der Waals surface area contributed by atoms with E-state index in [4.69, 9.17) is 4.74 Å². The lowest BCUT2D eigenvalue weighted by atomic mass is 9.64. The number of aromatic nitrogens is 3. The normalized spacial score (nSPS) is 27.0. The van der Waals surface area contributed by atoms with E-state index >= 15 is 0 Å². The van der Waals surface area contributed by atoms with Gasteiger partial charge in [0.25, 0.3) is 0 Å². The number of hydrogen-bond donors (Lipinski definition) is 2. The number of unbranched alkanes of at least 4 members (excludes halogenated alkanes) is 1. The first-order valence-electron chi connectivity index (χ1n) is 10.6. The number of ether oxygens (including phenoxy) is 1. The standard InChI is InChI=1S/C20H36N6O/c1-6-8-12-27-17-13-16(20(17,4)5)24-19(21-7-2)23-15-10-9-11-26-18(15)22-14(3)25-26/h15-17H,6-13H2,1-5H3,(H2,21,23,24). The van der Waals surface area contributed by atoms with Gasteiger partial charge in [-0.3, -0.25) is 4.99 Å². The van der Waals surface area contributed by atoms with E-state index in [9.17, 15) is 0 Å². The van der Waals surface area contributed by atoms with Crippen molar-refractivity contribution in [3.8, 4) is 0 Å². The Kier molecular flexibility index (Phi) is 6.40. The van der Waals surface area contributed by atoms with Crippen molar-refractivity contribution in [2.75, 3.05) is 13.2 Å². The topological polar surface area (TPSA) is 76.4 Å². The molecule has 0 amide bonds. The maximum absolute atomic E-state index is 6.08. The van der Waals surface area contributed by atoms with E-state index in [2.05, 4.69) is 53.4 Å². The van der Waals surface area contributed by atoms with Crippen LogP contribution in [0.4, 0.5) is 0 Å². The number of hydrogen-bond acceptors (Lipinski definition) is 4. The molecule has 0 aromatic carbocycles. The van der Waals surface area contributed by atoms with Gasteiger partial charge in [-0.25, -0.2) is 9.67 Å². The average Bonchev–Trinajstić information content (AvgIpc) is 3.01. The SMILES string of the molecule is CCCCOC1CC(NC(=NCC)NC2CCCn3nc(C)nc32)C1(C)C. The van der Waals surface area contributed by atoms with Gasteiger partial charge < -0.3 is 15.4 Å². The zero-order valence-corrected chi connectivity index (χ0v) is 17.6. The van der Waals surface area contributed by atoms with Crippen LogP contribution in [0, 0.1) is 12.3 Å². The molecule has 0 bridgehead atoms. The molecule has 1 aliphatic heterocycles. The molecule has 1 aromatic heterocycles. The maximum atomic E-state index is 6.08. The predicted octanol–water partition coefficient (Wildman–Crippen LogP) is 2.96. The minimum Gasteiger partial charge on any atom is -0.378 e. The minimum absolute atomic E-state index is 0.104. The van der Waals surface area contributed by atoms with Crippen LogP contribution in [0.3, 0.4) is 0 Å². The number of fused-ring (bicyclic) bond motifs is 1. The summed E-state index contributed by atoms with van der Waals surface area (Å²) in [6.45, 7) is 13.4. The van der Waals surface area contributed by atoms with Crippen molar-refractivity contribution >= 4 is 5.96 Å². The highest BCUT2D eigenvalue weighted by Gasteiger charge is 2.49. The molecule has 0 spiro atoms. The van der Waals surface area contributed by atoms with Crippen LogP contribution >= 0.6 is 0 Å². The van der Waals surface area contributed by atoms with Crippen LogP contribution in [0.15, 0.2) is 4.99 Å². The summed E-state index contributed by atoms with van der Waals surface area (Å²) in [5.41, 5.74) is 0.104. The lowest BCUT2D eigenvalue weighted by molar-refractivity contribution is -0.113. The lowest BCUT2D eigenvalue weighted by Crippen LogP contribution is -2.63. The van der Waals surface area contributed by atoms with Crippen molar-refractivity contribution in [2.24, 2.45) is 10.4 Å². The van der Waals surface area contributed by atoms with Gasteiger partial charge in [0.15, 0.2) is 5.96 Å². The van der Waals surface area contributed by atoms with Gasteiger partial charge in [-0.2, -0.15) is 5.10 Å². The Morgan fingerprint density at radius 2 is 2.15 bits per heavy atom. The second-order valence-electron chi connectivity index (χ2n) is 8.37. The maximum Gasteiger partial charge on any atom is 0.192 e. The van der Waals surface area contributed by atoms with Gasteiger partial charge in [0.1, 0.15) is 11.6 Å².